The zero-order valence-electron chi connectivity index (χ0n) is 13.4. The fourth-order valence-electron chi connectivity index (χ4n) is 1.78. The first-order valence-electron chi connectivity index (χ1n) is 7.10. The Morgan fingerprint density at radius 1 is 0.963 bits per heavy atom. The first kappa shape index (κ1) is 18.9. The monoisotopic (exact) mass is 369 g/mol. The molecule has 2 aromatic rings. The molecule has 0 radical (unpaired) electrons. The van der Waals surface area contributed by atoms with Crippen molar-refractivity contribution < 1.29 is 30.0 Å². The van der Waals surface area contributed by atoms with E-state index in [0.717, 1.165) is 30.3 Å². The topological polar surface area (TPSA) is 188 Å². The highest BCUT2D eigenvalue weighted by molar-refractivity contribution is 5.97. The smallest absolute Gasteiger partial charge is 0.335 e. The summed E-state index contributed by atoms with van der Waals surface area (Å²) in [7, 11) is 0. The van der Waals surface area contributed by atoms with Gasteiger partial charge in [0.2, 0.25) is 0 Å². The van der Waals surface area contributed by atoms with Crippen molar-refractivity contribution in [2.45, 2.75) is 0 Å². The van der Waals surface area contributed by atoms with Gasteiger partial charge in [0, 0.05) is 0 Å². The maximum absolute atomic E-state index is 10.9. The Morgan fingerprint density at radius 2 is 1.56 bits per heavy atom. The SMILES string of the molecule is N#CC(/N=N/c1cc(C(=O)O)ccc1O)=N\Nc1cc(C(=O)O)ccc1O. The molecule has 136 valence electrons. The first-order valence-corrected chi connectivity index (χ1v) is 7.10. The summed E-state index contributed by atoms with van der Waals surface area (Å²) in [6.07, 6.45) is 0. The van der Waals surface area contributed by atoms with Crippen LogP contribution in [-0.4, -0.2) is 38.2 Å². The van der Waals surface area contributed by atoms with Crippen molar-refractivity contribution >= 4 is 29.1 Å². The lowest BCUT2D eigenvalue weighted by Gasteiger charge is -2.04. The van der Waals surface area contributed by atoms with E-state index in [1.54, 1.807) is 6.07 Å². The maximum Gasteiger partial charge on any atom is 0.335 e. The average molecular weight is 369 g/mol. The van der Waals surface area contributed by atoms with Crippen molar-refractivity contribution in [1.29, 1.82) is 5.26 Å². The number of aromatic hydroxyl groups is 2. The van der Waals surface area contributed by atoms with E-state index in [1.807, 2.05) is 0 Å². The van der Waals surface area contributed by atoms with Gasteiger partial charge >= 0.3 is 11.9 Å². The molecule has 0 bridgehead atoms. The summed E-state index contributed by atoms with van der Waals surface area (Å²) in [6, 6.07) is 8.30. The van der Waals surface area contributed by atoms with Gasteiger partial charge in [0.15, 0.2) is 0 Å². The lowest BCUT2D eigenvalue weighted by Crippen LogP contribution is -2.00. The molecule has 11 nitrogen and oxygen atoms in total. The molecule has 0 aliphatic heterocycles. The van der Waals surface area contributed by atoms with E-state index in [4.69, 9.17) is 15.5 Å². The van der Waals surface area contributed by atoms with Gasteiger partial charge in [0.25, 0.3) is 5.84 Å². The molecule has 0 spiro atoms. The molecule has 27 heavy (non-hydrogen) atoms. The van der Waals surface area contributed by atoms with Crippen LogP contribution in [0.15, 0.2) is 51.7 Å². The second-order valence-electron chi connectivity index (χ2n) is 4.90. The number of phenols is 2. The summed E-state index contributed by atoms with van der Waals surface area (Å²) in [5.41, 5.74) is 1.72. The Morgan fingerprint density at radius 3 is 2.15 bits per heavy atom. The predicted molar refractivity (Wildman–Crippen MR) is 91.3 cm³/mol. The van der Waals surface area contributed by atoms with Crippen molar-refractivity contribution in [3.63, 3.8) is 0 Å². The van der Waals surface area contributed by atoms with Gasteiger partial charge < -0.3 is 20.4 Å². The molecule has 0 atom stereocenters. The number of rotatable bonds is 5. The Bertz CT molecular complexity index is 1010. The quantitative estimate of drug-likeness (QED) is 0.175. The lowest BCUT2D eigenvalue weighted by atomic mass is 10.2. The molecule has 2 aromatic carbocycles. The van der Waals surface area contributed by atoms with Crippen LogP contribution >= 0.6 is 0 Å². The van der Waals surface area contributed by atoms with E-state index in [9.17, 15) is 19.8 Å². The van der Waals surface area contributed by atoms with Crippen LogP contribution < -0.4 is 5.43 Å². The third-order valence-corrected chi connectivity index (χ3v) is 3.10. The fraction of sp³-hybridized carbons (Fsp3) is 0. The number of hydrogen-bond acceptors (Lipinski definition) is 8. The largest absolute Gasteiger partial charge is 0.506 e. The normalized spacial score (nSPS) is 11.1. The number of amidine groups is 1. The number of azo groups is 1. The summed E-state index contributed by atoms with van der Waals surface area (Å²) in [4.78, 5) is 21.8. The van der Waals surface area contributed by atoms with Crippen molar-refractivity contribution in [2.75, 3.05) is 5.43 Å². The molecule has 5 N–H and O–H groups in total. The van der Waals surface area contributed by atoms with Gasteiger partial charge in [-0.2, -0.15) is 5.26 Å². The average Bonchev–Trinajstić information content (AvgIpc) is 2.63. The Labute approximate surface area is 151 Å². The number of hydrazone groups is 1. The molecule has 0 unspecified atom stereocenters. The van der Waals surface area contributed by atoms with E-state index >= 15 is 0 Å². The van der Waals surface area contributed by atoms with E-state index < -0.39 is 17.8 Å². The van der Waals surface area contributed by atoms with Gasteiger partial charge in [-0.3, -0.25) is 5.43 Å². The van der Waals surface area contributed by atoms with Gasteiger partial charge in [-0.1, -0.05) is 0 Å². The van der Waals surface area contributed by atoms with Crippen molar-refractivity contribution in [1.82, 2.24) is 0 Å². The zero-order valence-corrected chi connectivity index (χ0v) is 13.4. The molecule has 2 rings (SSSR count). The highest BCUT2D eigenvalue weighted by Crippen LogP contribution is 2.28. The number of nitrogens with zero attached hydrogens (tertiary/aromatic N) is 4. The molecule has 0 fully saturated rings. The molecule has 0 aliphatic carbocycles. The summed E-state index contributed by atoms with van der Waals surface area (Å²) in [5, 5.41) is 56.8. The highest BCUT2D eigenvalue weighted by Gasteiger charge is 2.09. The second-order valence-corrected chi connectivity index (χ2v) is 4.90. The number of anilines is 1. The lowest BCUT2D eigenvalue weighted by molar-refractivity contribution is 0.0686. The number of carbonyl (C=O) groups is 2. The Hall–Kier alpha value is -4.46. The minimum atomic E-state index is -1.24. The molecule has 0 aliphatic rings. The fourth-order valence-corrected chi connectivity index (χ4v) is 1.78. The Balaban J connectivity index is 2.26. The molecule has 0 amide bonds. The molecule has 0 saturated carbocycles. The van der Waals surface area contributed by atoms with Gasteiger partial charge in [-0.15, -0.1) is 15.3 Å². The van der Waals surface area contributed by atoms with Gasteiger partial charge in [-0.05, 0) is 36.4 Å². The number of carboxylic acids is 2. The number of nitrogens with one attached hydrogen (secondary N) is 1. The van der Waals surface area contributed by atoms with Crippen molar-refractivity contribution in [3.05, 3.63) is 47.5 Å². The summed E-state index contributed by atoms with van der Waals surface area (Å²) in [5.74, 6) is -3.67. The van der Waals surface area contributed by atoms with Crippen LogP contribution in [0.3, 0.4) is 0 Å². The predicted octanol–water partition coefficient (Wildman–Crippen LogP) is 2.53. The molecular formula is C16H11N5O6. The van der Waals surface area contributed by atoms with Gasteiger partial charge in [-0.25, -0.2) is 9.59 Å². The van der Waals surface area contributed by atoms with E-state index in [2.05, 4.69) is 20.8 Å². The first-order chi connectivity index (χ1) is 12.8. The van der Waals surface area contributed by atoms with Crippen molar-refractivity contribution in [3.8, 4) is 17.6 Å². The van der Waals surface area contributed by atoms with Crippen LogP contribution in [0.2, 0.25) is 0 Å². The number of nitriles is 1. The van der Waals surface area contributed by atoms with Crippen LogP contribution in [0, 0.1) is 11.3 Å². The molecule has 11 heteroatoms. The summed E-state index contributed by atoms with van der Waals surface area (Å²) >= 11 is 0. The third kappa shape index (κ3) is 4.77. The number of benzene rings is 2. The molecular weight excluding hydrogens is 358 g/mol. The Kier molecular flexibility index (Phi) is 5.65. The van der Waals surface area contributed by atoms with Crippen LogP contribution in [0.4, 0.5) is 11.4 Å². The second kappa shape index (κ2) is 8.08. The molecule has 0 aromatic heterocycles. The number of hydrogen-bond donors (Lipinski definition) is 5. The van der Waals surface area contributed by atoms with E-state index in [-0.39, 0.29) is 34.0 Å². The zero-order chi connectivity index (χ0) is 20.0. The molecule has 0 saturated heterocycles. The van der Waals surface area contributed by atoms with Crippen LogP contribution in [-0.2, 0) is 0 Å². The number of phenolic OH excluding ortho intramolecular Hbond substituents is 2. The summed E-state index contributed by atoms with van der Waals surface area (Å²) in [6.45, 7) is 0. The van der Waals surface area contributed by atoms with E-state index in [1.165, 1.54) is 6.07 Å². The number of carboxylic acid groups (broad SMARTS) is 2. The highest BCUT2D eigenvalue weighted by atomic mass is 16.4. The van der Waals surface area contributed by atoms with Gasteiger partial charge in [0.1, 0.15) is 23.3 Å². The standard InChI is InChI=1S/C16H11N5O6/c17-7-14(20-18-10-5-8(15(24)25)1-3-12(10)22)21-19-11-6-9(16(26)27)2-4-13(11)23/h1-6,18,22-23H,(H,24,25)(H,26,27)/b20-14+,21-19+. The van der Waals surface area contributed by atoms with Crippen LogP contribution in [0.1, 0.15) is 20.7 Å². The van der Waals surface area contributed by atoms with Gasteiger partial charge in [0.05, 0.1) is 16.8 Å². The summed E-state index contributed by atoms with van der Waals surface area (Å²) < 4.78 is 0. The minimum absolute atomic E-state index is 0.0893. The van der Waals surface area contributed by atoms with Crippen LogP contribution in [0.5, 0.6) is 11.5 Å². The maximum atomic E-state index is 10.9. The van der Waals surface area contributed by atoms with Crippen LogP contribution in [0.25, 0.3) is 0 Å². The van der Waals surface area contributed by atoms with E-state index in [0.29, 0.717) is 0 Å². The third-order valence-electron chi connectivity index (χ3n) is 3.10. The molecule has 0 heterocycles. The minimum Gasteiger partial charge on any atom is -0.506 e. The number of aromatic carboxylic acids is 2. The van der Waals surface area contributed by atoms with Crippen molar-refractivity contribution in [2.24, 2.45) is 15.3 Å².